The largest absolute Gasteiger partial charge is 0.331 e. The molecule has 0 bridgehead atoms. The van der Waals surface area contributed by atoms with Crippen molar-refractivity contribution in [3.63, 3.8) is 0 Å². The molecular formula is C15H14ClNO4. The Morgan fingerprint density at radius 3 is 2.48 bits per heavy atom. The third kappa shape index (κ3) is 2.17. The van der Waals surface area contributed by atoms with Gasteiger partial charge < -0.3 is 9.64 Å². The fourth-order valence-corrected chi connectivity index (χ4v) is 2.89. The zero-order chi connectivity index (χ0) is 15.2. The van der Waals surface area contributed by atoms with Crippen molar-refractivity contribution in [3.8, 4) is 0 Å². The Kier molecular flexibility index (Phi) is 3.34. The molecule has 110 valence electrons. The van der Waals surface area contributed by atoms with E-state index >= 15 is 0 Å². The number of ketones is 2. The van der Waals surface area contributed by atoms with E-state index in [0.29, 0.717) is 30.0 Å². The van der Waals surface area contributed by atoms with Gasteiger partial charge in [0.25, 0.3) is 5.78 Å². The highest BCUT2D eigenvalue weighted by molar-refractivity contribution is 6.43. The van der Waals surface area contributed by atoms with Gasteiger partial charge >= 0.3 is 0 Å². The van der Waals surface area contributed by atoms with Crippen LogP contribution in [0.25, 0.3) is 0 Å². The minimum absolute atomic E-state index is 0.151. The summed E-state index contributed by atoms with van der Waals surface area (Å²) in [6.07, 6.45) is -0.0373. The molecule has 2 heterocycles. The van der Waals surface area contributed by atoms with Gasteiger partial charge in [-0.05, 0) is 31.0 Å². The zero-order valence-electron chi connectivity index (χ0n) is 11.5. The van der Waals surface area contributed by atoms with Gasteiger partial charge in [0, 0.05) is 18.0 Å². The van der Waals surface area contributed by atoms with Crippen LogP contribution in [0.5, 0.6) is 0 Å². The average Bonchev–Trinajstić information content (AvgIpc) is 2.98. The lowest BCUT2D eigenvalue weighted by atomic mass is 9.91. The molecular weight excluding hydrogens is 294 g/mol. The van der Waals surface area contributed by atoms with Gasteiger partial charge in [-0.2, -0.15) is 0 Å². The summed E-state index contributed by atoms with van der Waals surface area (Å²) in [5.74, 6) is -1.45. The van der Waals surface area contributed by atoms with E-state index in [1.807, 2.05) is 0 Å². The van der Waals surface area contributed by atoms with Gasteiger partial charge in [-0.1, -0.05) is 23.7 Å². The lowest BCUT2D eigenvalue weighted by Gasteiger charge is -2.26. The second kappa shape index (κ2) is 4.93. The molecule has 2 aliphatic heterocycles. The topological polar surface area (TPSA) is 63.7 Å². The van der Waals surface area contributed by atoms with E-state index in [1.165, 1.54) is 4.90 Å². The summed E-state index contributed by atoms with van der Waals surface area (Å²) in [5.41, 5.74) is -0.811. The van der Waals surface area contributed by atoms with Crippen molar-refractivity contribution >= 4 is 29.1 Å². The number of rotatable bonds is 2. The quantitative estimate of drug-likeness (QED) is 0.780. The van der Waals surface area contributed by atoms with E-state index in [1.54, 1.807) is 31.2 Å². The monoisotopic (exact) mass is 307 g/mol. The maximum atomic E-state index is 12.3. The number of carbonyl (C=O) groups excluding carboxylic acids is 3. The van der Waals surface area contributed by atoms with E-state index in [9.17, 15) is 14.4 Å². The van der Waals surface area contributed by atoms with Gasteiger partial charge in [0.2, 0.25) is 17.9 Å². The minimum Gasteiger partial charge on any atom is -0.331 e. The lowest BCUT2D eigenvalue weighted by Crippen LogP contribution is -2.41. The normalized spacial score (nSPS) is 29.5. The summed E-state index contributed by atoms with van der Waals surface area (Å²) in [6, 6.07) is 6.58. The molecule has 2 fully saturated rings. The third-order valence-corrected chi connectivity index (χ3v) is 4.27. The van der Waals surface area contributed by atoms with E-state index in [4.69, 9.17) is 16.3 Å². The van der Waals surface area contributed by atoms with Crippen LogP contribution in [0, 0.1) is 0 Å². The highest BCUT2D eigenvalue weighted by Crippen LogP contribution is 2.37. The Labute approximate surface area is 126 Å². The number of benzene rings is 1. The molecule has 0 saturated carbocycles. The zero-order valence-corrected chi connectivity index (χ0v) is 12.2. The van der Waals surface area contributed by atoms with Crippen molar-refractivity contribution in [2.75, 3.05) is 6.54 Å². The summed E-state index contributed by atoms with van der Waals surface area (Å²) >= 11 is 5.83. The summed E-state index contributed by atoms with van der Waals surface area (Å²) in [6.45, 7) is 2.00. The first kappa shape index (κ1) is 14.2. The summed E-state index contributed by atoms with van der Waals surface area (Å²) in [7, 11) is 0. The fraction of sp³-hybridized carbons (Fsp3) is 0.400. The van der Waals surface area contributed by atoms with E-state index in [0.717, 1.165) is 0 Å². The number of hydrogen-bond donors (Lipinski definition) is 0. The Morgan fingerprint density at radius 2 is 1.90 bits per heavy atom. The first-order valence-corrected chi connectivity index (χ1v) is 7.13. The molecule has 21 heavy (non-hydrogen) atoms. The minimum atomic E-state index is -1.37. The van der Waals surface area contributed by atoms with Gasteiger partial charge in [-0.15, -0.1) is 0 Å². The number of hydrogen-bond acceptors (Lipinski definition) is 4. The molecule has 1 amide bonds. The van der Waals surface area contributed by atoms with Gasteiger partial charge in [0.1, 0.15) is 0 Å². The first-order valence-electron chi connectivity index (χ1n) is 6.75. The second-order valence-electron chi connectivity index (χ2n) is 5.39. The maximum absolute atomic E-state index is 12.3. The van der Waals surface area contributed by atoms with Crippen LogP contribution in [-0.2, 0) is 24.7 Å². The predicted molar refractivity (Wildman–Crippen MR) is 74.6 cm³/mol. The molecule has 0 radical (unpaired) electrons. The van der Waals surface area contributed by atoms with Crippen molar-refractivity contribution in [1.29, 1.82) is 0 Å². The van der Waals surface area contributed by atoms with Crippen molar-refractivity contribution in [1.82, 2.24) is 4.90 Å². The van der Waals surface area contributed by atoms with Crippen LogP contribution in [0.2, 0.25) is 5.02 Å². The number of halogens is 1. The van der Waals surface area contributed by atoms with E-state index in [2.05, 4.69) is 0 Å². The van der Waals surface area contributed by atoms with E-state index < -0.39 is 23.4 Å². The molecule has 2 atom stereocenters. The number of likely N-dealkylation sites (tertiary alicyclic amines) is 1. The van der Waals surface area contributed by atoms with Gasteiger partial charge in [-0.3, -0.25) is 14.4 Å². The Morgan fingerprint density at radius 1 is 1.24 bits per heavy atom. The Bertz CT molecular complexity index is 627. The third-order valence-electron chi connectivity index (χ3n) is 4.02. The molecule has 0 N–H and O–H groups in total. The van der Waals surface area contributed by atoms with Gasteiger partial charge in [0.15, 0.2) is 5.60 Å². The molecule has 6 heteroatoms. The number of nitrogens with zero attached hydrogens (tertiary/aromatic N) is 1. The molecule has 0 spiro atoms. The standard InChI is InChI=1S/C15H14ClNO4/c1-15(9-4-6-10(16)7-5-9)13(20)12(19)14(21-15)17-8-2-3-11(17)18/h4-7,14H,2-3,8H2,1H3. The average molecular weight is 308 g/mol. The number of Topliss-reactive ketones (excluding diaryl/α,β-unsaturated/α-hetero) is 2. The van der Waals surface area contributed by atoms with Crippen LogP contribution in [0.15, 0.2) is 24.3 Å². The number of carbonyl (C=O) groups is 3. The Hall–Kier alpha value is -1.72. The lowest BCUT2D eigenvalue weighted by molar-refractivity contribution is -0.154. The summed E-state index contributed by atoms with van der Waals surface area (Å²) < 4.78 is 5.72. The smallest absolute Gasteiger partial charge is 0.251 e. The molecule has 1 aromatic carbocycles. The predicted octanol–water partition coefficient (Wildman–Crippen LogP) is 1.67. The maximum Gasteiger partial charge on any atom is 0.251 e. The van der Waals surface area contributed by atoms with Crippen LogP contribution in [0.3, 0.4) is 0 Å². The van der Waals surface area contributed by atoms with Crippen LogP contribution in [0.1, 0.15) is 25.3 Å². The van der Waals surface area contributed by atoms with Crippen LogP contribution >= 0.6 is 11.6 Å². The highest BCUT2D eigenvalue weighted by Gasteiger charge is 2.55. The molecule has 5 nitrogen and oxygen atoms in total. The first-order chi connectivity index (χ1) is 9.93. The molecule has 2 aliphatic rings. The molecule has 1 aromatic rings. The van der Waals surface area contributed by atoms with Crippen molar-refractivity contribution < 1.29 is 19.1 Å². The number of amides is 1. The Balaban J connectivity index is 1.94. The number of ether oxygens (including phenoxy) is 1. The fourth-order valence-electron chi connectivity index (χ4n) is 2.77. The van der Waals surface area contributed by atoms with Crippen LogP contribution in [0.4, 0.5) is 0 Å². The van der Waals surface area contributed by atoms with E-state index in [-0.39, 0.29) is 5.91 Å². The molecule has 0 aliphatic carbocycles. The van der Waals surface area contributed by atoms with Crippen molar-refractivity contribution in [3.05, 3.63) is 34.9 Å². The molecule has 3 rings (SSSR count). The summed E-state index contributed by atoms with van der Waals surface area (Å²) in [4.78, 5) is 37.7. The van der Waals surface area contributed by atoms with Crippen LogP contribution in [-0.4, -0.2) is 35.1 Å². The van der Waals surface area contributed by atoms with Crippen LogP contribution < -0.4 is 0 Å². The van der Waals surface area contributed by atoms with Gasteiger partial charge in [-0.25, -0.2) is 0 Å². The molecule has 0 aromatic heterocycles. The van der Waals surface area contributed by atoms with Crippen molar-refractivity contribution in [2.24, 2.45) is 0 Å². The molecule has 2 unspecified atom stereocenters. The summed E-state index contributed by atoms with van der Waals surface area (Å²) in [5, 5.41) is 0.533. The molecule has 2 saturated heterocycles. The van der Waals surface area contributed by atoms with Gasteiger partial charge in [0.05, 0.1) is 0 Å². The second-order valence-corrected chi connectivity index (χ2v) is 5.83. The SMILES string of the molecule is CC1(c2ccc(Cl)cc2)OC(N2CCCC2=O)C(=O)C1=O. The highest BCUT2D eigenvalue weighted by atomic mass is 35.5. The van der Waals surface area contributed by atoms with Crippen molar-refractivity contribution in [2.45, 2.75) is 31.6 Å².